The maximum atomic E-state index is 11.3. The molecular formula is C15H27NO2. The minimum absolute atomic E-state index is 0.114. The van der Waals surface area contributed by atoms with E-state index in [1.165, 1.54) is 12.8 Å². The number of rotatable bonds is 3. The Balaban J connectivity index is 1.97. The van der Waals surface area contributed by atoms with E-state index in [0.717, 1.165) is 18.8 Å². The second kappa shape index (κ2) is 4.84. The summed E-state index contributed by atoms with van der Waals surface area (Å²) in [5.74, 6) is 0.470. The van der Waals surface area contributed by atoms with E-state index < -0.39 is 5.97 Å². The molecule has 0 aromatic heterocycles. The van der Waals surface area contributed by atoms with E-state index in [-0.39, 0.29) is 11.3 Å². The molecule has 0 amide bonds. The van der Waals surface area contributed by atoms with Crippen molar-refractivity contribution in [1.82, 2.24) is 5.32 Å². The Morgan fingerprint density at radius 2 is 1.83 bits per heavy atom. The predicted molar refractivity (Wildman–Crippen MR) is 72.4 cm³/mol. The van der Waals surface area contributed by atoms with Gasteiger partial charge in [-0.05, 0) is 42.9 Å². The van der Waals surface area contributed by atoms with Gasteiger partial charge in [-0.15, -0.1) is 0 Å². The van der Waals surface area contributed by atoms with Gasteiger partial charge in [0.15, 0.2) is 0 Å². The SMILES string of the molecule is CC1CC(NC2CCC(C(=O)O)C(C)(C)C2C)C1. The van der Waals surface area contributed by atoms with Gasteiger partial charge in [-0.3, -0.25) is 4.79 Å². The van der Waals surface area contributed by atoms with Crippen molar-refractivity contribution < 1.29 is 9.90 Å². The Labute approximate surface area is 110 Å². The van der Waals surface area contributed by atoms with E-state index in [1.807, 2.05) is 0 Å². The van der Waals surface area contributed by atoms with Gasteiger partial charge in [-0.1, -0.05) is 27.7 Å². The van der Waals surface area contributed by atoms with Crippen LogP contribution in [0.4, 0.5) is 0 Å². The minimum atomic E-state index is -0.623. The van der Waals surface area contributed by atoms with Crippen molar-refractivity contribution in [3.05, 3.63) is 0 Å². The number of aliphatic carboxylic acids is 1. The molecule has 0 bridgehead atoms. The highest BCUT2D eigenvalue weighted by atomic mass is 16.4. The first-order valence-corrected chi connectivity index (χ1v) is 7.31. The van der Waals surface area contributed by atoms with Gasteiger partial charge < -0.3 is 10.4 Å². The van der Waals surface area contributed by atoms with Gasteiger partial charge >= 0.3 is 5.97 Å². The fourth-order valence-electron chi connectivity index (χ4n) is 3.81. The fourth-order valence-corrected chi connectivity index (χ4v) is 3.81. The van der Waals surface area contributed by atoms with E-state index in [9.17, 15) is 9.90 Å². The molecule has 2 fully saturated rings. The molecule has 0 heterocycles. The second-order valence-corrected chi connectivity index (χ2v) is 7.12. The summed E-state index contributed by atoms with van der Waals surface area (Å²) in [7, 11) is 0. The normalized spacial score (nSPS) is 43.2. The zero-order chi connectivity index (χ0) is 13.5. The molecule has 0 aliphatic heterocycles. The third-order valence-corrected chi connectivity index (χ3v) is 5.56. The molecular weight excluding hydrogens is 226 g/mol. The zero-order valence-corrected chi connectivity index (χ0v) is 12.1. The number of carboxylic acid groups (broad SMARTS) is 1. The van der Waals surface area contributed by atoms with Gasteiger partial charge in [-0.2, -0.15) is 0 Å². The maximum Gasteiger partial charge on any atom is 0.307 e. The smallest absolute Gasteiger partial charge is 0.307 e. The van der Waals surface area contributed by atoms with Gasteiger partial charge in [0.2, 0.25) is 0 Å². The van der Waals surface area contributed by atoms with Crippen molar-refractivity contribution in [2.75, 3.05) is 0 Å². The van der Waals surface area contributed by atoms with Crippen LogP contribution in [0.5, 0.6) is 0 Å². The molecule has 2 saturated carbocycles. The molecule has 0 aromatic carbocycles. The monoisotopic (exact) mass is 253 g/mol. The van der Waals surface area contributed by atoms with Crippen molar-refractivity contribution >= 4 is 5.97 Å². The summed E-state index contributed by atoms with van der Waals surface area (Å²) >= 11 is 0. The predicted octanol–water partition coefficient (Wildman–Crippen LogP) is 2.90. The third-order valence-electron chi connectivity index (χ3n) is 5.56. The van der Waals surface area contributed by atoms with Gasteiger partial charge in [-0.25, -0.2) is 0 Å². The summed E-state index contributed by atoms with van der Waals surface area (Å²) in [6, 6.07) is 1.16. The molecule has 0 aromatic rings. The molecule has 104 valence electrons. The number of nitrogens with one attached hydrogen (secondary N) is 1. The molecule has 3 unspecified atom stereocenters. The average Bonchev–Trinajstić information content (AvgIpc) is 2.21. The van der Waals surface area contributed by atoms with Gasteiger partial charge in [0.25, 0.3) is 0 Å². The van der Waals surface area contributed by atoms with E-state index in [2.05, 4.69) is 33.0 Å². The molecule has 3 nitrogen and oxygen atoms in total. The van der Waals surface area contributed by atoms with Crippen LogP contribution in [0.1, 0.15) is 53.4 Å². The lowest BCUT2D eigenvalue weighted by Crippen LogP contribution is -2.55. The van der Waals surface area contributed by atoms with Crippen molar-refractivity contribution in [2.45, 2.75) is 65.5 Å². The summed E-state index contributed by atoms with van der Waals surface area (Å²) in [4.78, 5) is 11.3. The molecule has 2 N–H and O–H groups in total. The van der Waals surface area contributed by atoms with Gasteiger partial charge in [0, 0.05) is 12.1 Å². The van der Waals surface area contributed by atoms with Crippen LogP contribution < -0.4 is 5.32 Å². The lowest BCUT2D eigenvalue weighted by molar-refractivity contribution is -0.150. The van der Waals surface area contributed by atoms with Crippen molar-refractivity contribution in [2.24, 2.45) is 23.2 Å². The first-order chi connectivity index (χ1) is 8.32. The first kappa shape index (κ1) is 13.9. The van der Waals surface area contributed by atoms with Crippen molar-refractivity contribution in [3.63, 3.8) is 0 Å². The van der Waals surface area contributed by atoms with Crippen LogP contribution in [0.25, 0.3) is 0 Å². The molecule has 2 aliphatic rings. The Kier molecular flexibility index (Phi) is 3.72. The van der Waals surface area contributed by atoms with E-state index in [4.69, 9.17) is 0 Å². The van der Waals surface area contributed by atoms with Crippen molar-refractivity contribution in [3.8, 4) is 0 Å². The molecule has 2 rings (SSSR count). The summed E-state index contributed by atoms with van der Waals surface area (Å²) in [6.07, 6.45) is 4.39. The third kappa shape index (κ3) is 2.42. The quantitative estimate of drug-likeness (QED) is 0.813. The molecule has 18 heavy (non-hydrogen) atoms. The highest BCUT2D eigenvalue weighted by Crippen LogP contribution is 2.45. The van der Waals surface area contributed by atoms with Gasteiger partial charge in [0.05, 0.1) is 5.92 Å². The maximum absolute atomic E-state index is 11.3. The summed E-state index contributed by atoms with van der Waals surface area (Å²) in [6.45, 7) is 8.75. The van der Waals surface area contributed by atoms with E-state index in [1.54, 1.807) is 0 Å². The molecule has 0 saturated heterocycles. The molecule has 3 atom stereocenters. The number of hydrogen-bond donors (Lipinski definition) is 2. The Morgan fingerprint density at radius 3 is 2.33 bits per heavy atom. The van der Waals surface area contributed by atoms with Crippen LogP contribution in [0.3, 0.4) is 0 Å². The first-order valence-electron chi connectivity index (χ1n) is 7.31. The van der Waals surface area contributed by atoms with Crippen LogP contribution in [-0.2, 0) is 4.79 Å². The van der Waals surface area contributed by atoms with Crippen molar-refractivity contribution in [1.29, 1.82) is 0 Å². The average molecular weight is 253 g/mol. The van der Waals surface area contributed by atoms with Gasteiger partial charge in [0.1, 0.15) is 0 Å². The summed E-state index contributed by atoms with van der Waals surface area (Å²) in [5.41, 5.74) is -0.114. The Morgan fingerprint density at radius 1 is 1.22 bits per heavy atom. The fraction of sp³-hybridized carbons (Fsp3) is 0.933. The van der Waals surface area contributed by atoms with E-state index in [0.29, 0.717) is 18.0 Å². The lowest BCUT2D eigenvalue weighted by atomic mass is 9.60. The molecule has 0 radical (unpaired) electrons. The topological polar surface area (TPSA) is 49.3 Å². The van der Waals surface area contributed by atoms with Crippen LogP contribution in [-0.4, -0.2) is 23.2 Å². The molecule has 0 spiro atoms. The number of carboxylic acids is 1. The Bertz CT molecular complexity index is 320. The zero-order valence-electron chi connectivity index (χ0n) is 12.1. The summed E-state index contributed by atoms with van der Waals surface area (Å²) < 4.78 is 0. The Hall–Kier alpha value is -0.570. The number of hydrogen-bond acceptors (Lipinski definition) is 2. The van der Waals surface area contributed by atoms with E-state index >= 15 is 0 Å². The lowest BCUT2D eigenvalue weighted by Gasteiger charge is -2.49. The minimum Gasteiger partial charge on any atom is -0.481 e. The highest BCUT2D eigenvalue weighted by molar-refractivity contribution is 5.71. The molecule has 2 aliphatic carbocycles. The number of carbonyl (C=O) groups is 1. The van der Waals surface area contributed by atoms with Crippen LogP contribution in [0, 0.1) is 23.2 Å². The summed E-state index contributed by atoms with van der Waals surface area (Å²) in [5, 5.41) is 13.1. The highest BCUT2D eigenvalue weighted by Gasteiger charge is 2.46. The molecule has 3 heteroatoms. The van der Waals surface area contributed by atoms with Crippen LogP contribution in [0.15, 0.2) is 0 Å². The largest absolute Gasteiger partial charge is 0.481 e. The van der Waals surface area contributed by atoms with Crippen LogP contribution >= 0.6 is 0 Å². The van der Waals surface area contributed by atoms with Crippen LogP contribution in [0.2, 0.25) is 0 Å². The second-order valence-electron chi connectivity index (χ2n) is 7.12. The standard InChI is InChI=1S/C15H27NO2/c1-9-7-11(8-9)16-13-6-5-12(14(17)18)15(3,4)10(13)2/h9-13,16H,5-8H2,1-4H3,(H,17,18).